The van der Waals surface area contributed by atoms with Gasteiger partial charge in [-0.15, -0.1) is 0 Å². The quantitative estimate of drug-likeness (QED) is 0.662. The van der Waals surface area contributed by atoms with E-state index in [-0.39, 0.29) is 11.7 Å². The van der Waals surface area contributed by atoms with E-state index in [4.69, 9.17) is 0 Å². The number of phenolic OH excluding ortho intramolecular Hbond substituents is 1. The molecule has 6 heteroatoms. The molecule has 2 rings (SSSR count). The van der Waals surface area contributed by atoms with Crippen LogP contribution in [0.1, 0.15) is 27.2 Å². The van der Waals surface area contributed by atoms with Crippen molar-refractivity contribution in [3.63, 3.8) is 0 Å². The smallest absolute Gasteiger partial charge is 0.272 e. The summed E-state index contributed by atoms with van der Waals surface area (Å²) in [5.74, 6) is -0.224. The number of rotatable bonds is 3. The lowest BCUT2D eigenvalue weighted by Gasteiger charge is -2.04. The highest BCUT2D eigenvalue weighted by molar-refractivity contribution is 9.10. The molecule has 0 aliphatic rings. The van der Waals surface area contributed by atoms with Crippen LogP contribution in [0.15, 0.2) is 40.0 Å². The van der Waals surface area contributed by atoms with Crippen molar-refractivity contribution in [2.45, 2.75) is 13.8 Å². The Morgan fingerprint density at radius 3 is 2.81 bits per heavy atom. The standard InChI is InChI=1S/C15H14BrN3O2/c1-9-5-13(16)6-12(14(9)20)8-18-19-15(21)11-4-3-10(2)17-7-11/h3-8,20H,1-2H3,(H,19,21)/b18-8-. The van der Waals surface area contributed by atoms with Crippen LogP contribution in [0.25, 0.3) is 0 Å². The number of amides is 1. The number of halogens is 1. The van der Waals surface area contributed by atoms with E-state index in [1.165, 1.54) is 12.4 Å². The molecule has 1 heterocycles. The molecule has 0 bridgehead atoms. The second-order valence-corrected chi connectivity index (χ2v) is 5.46. The molecule has 0 unspecified atom stereocenters. The van der Waals surface area contributed by atoms with Crippen LogP contribution < -0.4 is 5.43 Å². The molecule has 0 aliphatic heterocycles. The third kappa shape index (κ3) is 3.88. The van der Waals surface area contributed by atoms with E-state index in [0.29, 0.717) is 11.1 Å². The highest BCUT2D eigenvalue weighted by Gasteiger charge is 2.06. The Balaban J connectivity index is 2.09. The molecular formula is C15H14BrN3O2. The predicted octanol–water partition coefficient (Wildman–Crippen LogP) is 2.93. The van der Waals surface area contributed by atoms with Gasteiger partial charge < -0.3 is 5.11 Å². The van der Waals surface area contributed by atoms with Gasteiger partial charge in [0.1, 0.15) is 5.75 Å². The van der Waals surface area contributed by atoms with Gasteiger partial charge in [-0.1, -0.05) is 15.9 Å². The topological polar surface area (TPSA) is 74.6 Å². The lowest BCUT2D eigenvalue weighted by molar-refractivity contribution is 0.0954. The summed E-state index contributed by atoms with van der Waals surface area (Å²) in [5.41, 5.74) is 4.90. The van der Waals surface area contributed by atoms with Crippen molar-refractivity contribution in [1.29, 1.82) is 0 Å². The van der Waals surface area contributed by atoms with Gasteiger partial charge in [0.25, 0.3) is 5.91 Å². The molecule has 0 spiro atoms. The number of hydrogen-bond acceptors (Lipinski definition) is 4. The minimum Gasteiger partial charge on any atom is -0.507 e. The molecule has 0 saturated heterocycles. The first-order valence-electron chi connectivity index (χ1n) is 6.22. The lowest BCUT2D eigenvalue weighted by atomic mass is 10.1. The van der Waals surface area contributed by atoms with Gasteiger partial charge in [-0.3, -0.25) is 9.78 Å². The first-order valence-corrected chi connectivity index (χ1v) is 7.02. The molecule has 1 aromatic heterocycles. The third-order valence-electron chi connectivity index (χ3n) is 2.84. The monoisotopic (exact) mass is 347 g/mol. The number of nitrogens with one attached hydrogen (secondary N) is 1. The highest BCUT2D eigenvalue weighted by Crippen LogP contribution is 2.25. The molecule has 5 nitrogen and oxygen atoms in total. The fourth-order valence-electron chi connectivity index (χ4n) is 1.69. The molecule has 0 aliphatic carbocycles. The third-order valence-corrected chi connectivity index (χ3v) is 3.30. The molecule has 0 radical (unpaired) electrons. The number of phenols is 1. The minimum atomic E-state index is -0.357. The number of aromatic nitrogens is 1. The first kappa shape index (κ1) is 15.2. The van der Waals surface area contributed by atoms with Crippen LogP contribution in [0.4, 0.5) is 0 Å². The molecule has 21 heavy (non-hydrogen) atoms. The normalized spacial score (nSPS) is 10.8. The van der Waals surface area contributed by atoms with E-state index in [2.05, 4.69) is 31.4 Å². The summed E-state index contributed by atoms with van der Waals surface area (Å²) < 4.78 is 0.827. The van der Waals surface area contributed by atoms with E-state index in [0.717, 1.165) is 15.7 Å². The number of aromatic hydroxyl groups is 1. The van der Waals surface area contributed by atoms with Gasteiger partial charge in [-0.2, -0.15) is 5.10 Å². The second kappa shape index (κ2) is 6.49. The van der Waals surface area contributed by atoms with Gasteiger partial charge in [-0.25, -0.2) is 5.43 Å². The van der Waals surface area contributed by atoms with Crippen molar-refractivity contribution < 1.29 is 9.90 Å². The summed E-state index contributed by atoms with van der Waals surface area (Å²) in [5, 5.41) is 13.8. The van der Waals surface area contributed by atoms with Crippen molar-refractivity contribution in [2.75, 3.05) is 0 Å². The number of pyridine rings is 1. The summed E-state index contributed by atoms with van der Waals surface area (Å²) in [6, 6.07) is 6.94. The van der Waals surface area contributed by atoms with Crippen LogP contribution in [0.5, 0.6) is 5.75 Å². The van der Waals surface area contributed by atoms with E-state index < -0.39 is 0 Å². The fourth-order valence-corrected chi connectivity index (χ4v) is 2.28. The fraction of sp³-hybridized carbons (Fsp3) is 0.133. The number of hydrogen-bond donors (Lipinski definition) is 2. The summed E-state index contributed by atoms with van der Waals surface area (Å²) in [6.45, 7) is 3.63. The number of aryl methyl sites for hydroxylation is 2. The van der Waals surface area contributed by atoms with Gasteiger partial charge in [0, 0.05) is 21.9 Å². The van der Waals surface area contributed by atoms with Crippen LogP contribution in [-0.2, 0) is 0 Å². The van der Waals surface area contributed by atoms with Crippen LogP contribution in [0.3, 0.4) is 0 Å². The zero-order valence-corrected chi connectivity index (χ0v) is 13.2. The van der Waals surface area contributed by atoms with Gasteiger partial charge >= 0.3 is 0 Å². The Bertz CT molecular complexity index is 697. The Hall–Kier alpha value is -2.21. The Labute approximate surface area is 130 Å². The maximum atomic E-state index is 11.8. The molecule has 0 fully saturated rings. The van der Waals surface area contributed by atoms with Crippen LogP contribution >= 0.6 is 15.9 Å². The predicted molar refractivity (Wildman–Crippen MR) is 84.6 cm³/mol. The summed E-state index contributed by atoms with van der Waals surface area (Å²) >= 11 is 3.34. The number of hydrazone groups is 1. The number of benzene rings is 1. The molecular weight excluding hydrogens is 334 g/mol. The molecule has 2 N–H and O–H groups in total. The van der Waals surface area contributed by atoms with Crippen molar-refractivity contribution in [1.82, 2.24) is 10.4 Å². The van der Waals surface area contributed by atoms with Crippen LogP contribution in [0.2, 0.25) is 0 Å². The molecule has 108 valence electrons. The summed E-state index contributed by atoms with van der Waals surface area (Å²) in [6.07, 6.45) is 2.88. The van der Waals surface area contributed by atoms with E-state index in [9.17, 15) is 9.90 Å². The zero-order chi connectivity index (χ0) is 15.4. The summed E-state index contributed by atoms with van der Waals surface area (Å²) in [4.78, 5) is 15.9. The van der Waals surface area contributed by atoms with Crippen molar-refractivity contribution in [3.05, 3.63) is 57.3 Å². The number of carbonyl (C=O) groups is 1. The Morgan fingerprint density at radius 2 is 2.14 bits per heavy atom. The van der Waals surface area contributed by atoms with Gasteiger partial charge in [-0.05, 0) is 43.7 Å². The summed E-state index contributed by atoms with van der Waals surface area (Å²) in [7, 11) is 0. The molecule has 1 amide bonds. The van der Waals surface area contributed by atoms with E-state index in [1.54, 1.807) is 31.2 Å². The average Bonchev–Trinajstić information content (AvgIpc) is 2.44. The van der Waals surface area contributed by atoms with Crippen molar-refractivity contribution in [2.24, 2.45) is 5.10 Å². The van der Waals surface area contributed by atoms with Crippen molar-refractivity contribution in [3.8, 4) is 5.75 Å². The maximum absolute atomic E-state index is 11.8. The van der Waals surface area contributed by atoms with E-state index >= 15 is 0 Å². The van der Waals surface area contributed by atoms with Crippen molar-refractivity contribution >= 4 is 28.1 Å². The van der Waals surface area contributed by atoms with E-state index in [1.807, 2.05) is 6.92 Å². The Morgan fingerprint density at radius 1 is 1.38 bits per heavy atom. The Kier molecular flexibility index (Phi) is 4.70. The average molecular weight is 348 g/mol. The second-order valence-electron chi connectivity index (χ2n) is 4.55. The van der Waals surface area contributed by atoms with Gasteiger partial charge in [0.05, 0.1) is 11.8 Å². The maximum Gasteiger partial charge on any atom is 0.272 e. The number of nitrogens with zero attached hydrogens (tertiary/aromatic N) is 2. The molecule has 0 saturated carbocycles. The van der Waals surface area contributed by atoms with Gasteiger partial charge in [0.15, 0.2) is 0 Å². The first-order chi connectivity index (χ1) is 9.97. The zero-order valence-electron chi connectivity index (χ0n) is 11.6. The molecule has 0 atom stereocenters. The number of carbonyl (C=O) groups excluding carboxylic acids is 1. The van der Waals surface area contributed by atoms with Crippen LogP contribution in [-0.4, -0.2) is 22.2 Å². The largest absolute Gasteiger partial charge is 0.507 e. The lowest BCUT2D eigenvalue weighted by Crippen LogP contribution is -2.17. The molecule has 1 aromatic carbocycles. The SMILES string of the molecule is Cc1ccc(C(=O)N/N=C\c2cc(Br)cc(C)c2O)cn1. The van der Waals surface area contributed by atoms with Crippen LogP contribution in [0, 0.1) is 13.8 Å². The van der Waals surface area contributed by atoms with Gasteiger partial charge in [0.2, 0.25) is 0 Å². The molecule has 2 aromatic rings. The highest BCUT2D eigenvalue weighted by atomic mass is 79.9. The minimum absolute atomic E-state index is 0.133.